The smallest absolute Gasteiger partial charge is 0.261 e. The summed E-state index contributed by atoms with van der Waals surface area (Å²) < 4.78 is 0. The molecule has 0 unspecified atom stereocenters. The van der Waals surface area contributed by atoms with Gasteiger partial charge < -0.3 is 10.6 Å². The van der Waals surface area contributed by atoms with Gasteiger partial charge in [-0.15, -0.1) is 0 Å². The molecule has 2 aliphatic rings. The summed E-state index contributed by atoms with van der Waals surface area (Å²) in [7, 11) is 1.45. The quantitative estimate of drug-likeness (QED) is 0.753. The van der Waals surface area contributed by atoms with Crippen molar-refractivity contribution in [2.45, 2.75) is 0 Å². The molecule has 0 aliphatic carbocycles. The van der Waals surface area contributed by atoms with Crippen LogP contribution in [0.4, 0.5) is 5.69 Å². The van der Waals surface area contributed by atoms with Crippen LogP contribution in [0.5, 0.6) is 0 Å². The lowest BCUT2D eigenvalue weighted by Gasteiger charge is -2.26. The number of rotatable bonds is 3. The number of carbonyl (C=O) groups is 3. The van der Waals surface area contributed by atoms with E-state index in [1.165, 1.54) is 7.05 Å². The second-order valence-corrected chi connectivity index (χ2v) is 5.50. The highest BCUT2D eigenvalue weighted by atomic mass is 16.2. The van der Waals surface area contributed by atoms with Crippen molar-refractivity contribution in [3.05, 3.63) is 29.3 Å². The molecule has 0 bridgehead atoms. The predicted molar refractivity (Wildman–Crippen MR) is 80.8 cm³/mol. The van der Waals surface area contributed by atoms with Crippen molar-refractivity contribution in [3.63, 3.8) is 0 Å². The Morgan fingerprint density at radius 2 is 1.86 bits per heavy atom. The maximum Gasteiger partial charge on any atom is 0.261 e. The van der Waals surface area contributed by atoms with Crippen LogP contribution in [0.25, 0.3) is 0 Å². The molecule has 0 saturated carbocycles. The van der Waals surface area contributed by atoms with E-state index in [1.807, 2.05) is 0 Å². The zero-order valence-corrected chi connectivity index (χ0v) is 12.4. The molecule has 2 heterocycles. The van der Waals surface area contributed by atoms with Gasteiger partial charge in [0.05, 0.1) is 17.7 Å². The van der Waals surface area contributed by atoms with Crippen LogP contribution in [0, 0.1) is 0 Å². The van der Waals surface area contributed by atoms with Crippen LogP contribution in [0.3, 0.4) is 0 Å². The fraction of sp³-hybridized carbons (Fsp3) is 0.400. The molecule has 0 spiro atoms. The number of piperazine rings is 1. The van der Waals surface area contributed by atoms with Gasteiger partial charge in [0.15, 0.2) is 0 Å². The van der Waals surface area contributed by atoms with E-state index in [1.54, 1.807) is 18.2 Å². The standard InChI is InChI=1S/C15H18N4O3/c1-18-14(21)11-3-2-10(8-12(11)15(18)22)17-13(20)9-19-6-4-16-5-7-19/h2-3,8,16H,4-7,9H2,1H3,(H,17,20). The van der Waals surface area contributed by atoms with E-state index in [0.29, 0.717) is 23.4 Å². The van der Waals surface area contributed by atoms with Crippen molar-refractivity contribution in [1.82, 2.24) is 15.1 Å². The van der Waals surface area contributed by atoms with Gasteiger partial charge in [-0.2, -0.15) is 0 Å². The Bertz CT molecular complexity index is 638. The van der Waals surface area contributed by atoms with Crippen LogP contribution in [0.2, 0.25) is 0 Å². The Morgan fingerprint density at radius 1 is 1.18 bits per heavy atom. The van der Waals surface area contributed by atoms with Gasteiger partial charge in [-0.3, -0.25) is 24.2 Å². The molecule has 116 valence electrons. The molecule has 1 saturated heterocycles. The molecule has 22 heavy (non-hydrogen) atoms. The van der Waals surface area contributed by atoms with Crippen molar-refractivity contribution in [1.29, 1.82) is 0 Å². The second kappa shape index (κ2) is 5.86. The minimum atomic E-state index is -0.335. The molecular weight excluding hydrogens is 284 g/mol. The van der Waals surface area contributed by atoms with Gasteiger partial charge in [0, 0.05) is 38.9 Å². The SMILES string of the molecule is CN1C(=O)c2ccc(NC(=O)CN3CCNCC3)cc2C1=O. The van der Waals surface area contributed by atoms with Gasteiger partial charge in [-0.25, -0.2) is 0 Å². The highest BCUT2D eigenvalue weighted by Gasteiger charge is 2.32. The Morgan fingerprint density at radius 3 is 2.59 bits per heavy atom. The van der Waals surface area contributed by atoms with Crippen LogP contribution in [-0.4, -0.2) is 67.3 Å². The van der Waals surface area contributed by atoms with Gasteiger partial charge in [-0.05, 0) is 18.2 Å². The molecule has 7 nitrogen and oxygen atoms in total. The molecular formula is C15H18N4O3. The summed E-state index contributed by atoms with van der Waals surface area (Å²) in [5.74, 6) is -0.760. The van der Waals surface area contributed by atoms with E-state index in [9.17, 15) is 14.4 Å². The largest absolute Gasteiger partial charge is 0.325 e. The predicted octanol–water partition coefficient (Wildman–Crippen LogP) is -0.244. The normalized spacial score (nSPS) is 18.5. The van der Waals surface area contributed by atoms with Crippen molar-refractivity contribution >= 4 is 23.4 Å². The number of hydrogen-bond acceptors (Lipinski definition) is 5. The number of anilines is 1. The third kappa shape index (κ3) is 2.72. The number of hydrogen-bond donors (Lipinski definition) is 2. The van der Waals surface area contributed by atoms with Crippen LogP contribution in [0.15, 0.2) is 18.2 Å². The number of nitrogens with one attached hydrogen (secondary N) is 2. The van der Waals surface area contributed by atoms with Gasteiger partial charge in [0.25, 0.3) is 11.8 Å². The van der Waals surface area contributed by atoms with E-state index in [0.717, 1.165) is 31.1 Å². The maximum atomic E-state index is 12.1. The lowest BCUT2D eigenvalue weighted by atomic mass is 10.1. The molecule has 3 rings (SSSR count). The summed E-state index contributed by atoms with van der Waals surface area (Å²) >= 11 is 0. The molecule has 1 aromatic rings. The van der Waals surface area contributed by atoms with Crippen LogP contribution >= 0.6 is 0 Å². The topological polar surface area (TPSA) is 81.8 Å². The van der Waals surface area contributed by atoms with Gasteiger partial charge in [0.1, 0.15) is 0 Å². The summed E-state index contributed by atoms with van der Waals surface area (Å²) in [6, 6.07) is 4.80. The van der Waals surface area contributed by atoms with Crippen LogP contribution in [0.1, 0.15) is 20.7 Å². The molecule has 1 fully saturated rings. The van der Waals surface area contributed by atoms with Crippen molar-refractivity contribution in [3.8, 4) is 0 Å². The highest BCUT2D eigenvalue weighted by Crippen LogP contribution is 2.24. The highest BCUT2D eigenvalue weighted by molar-refractivity contribution is 6.21. The summed E-state index contributed by atoms with van der Waals surface area (Å²) in [4.78, 5) is 39.0. The summed E-state index contributed by atoms with van der Waals surface area (Å²) in [6.07, 6.45) is 0. The summed E-state index contributed by atoms with van der Waals surface area (Å²) in [5, 5.41) is 6.02. The average molecular weight is 302 g/mol. The first-order valence-electron chi connectivity index (χ1n) is 7.25. The Hall–Kier alpha value is -2.25. The van der Waals surface area contributed by atoms with E-state index in [2.05, 4.69) is 15.5 Å². The summed E-state index contributed by atoms with van der Waals surface area (Å²) in [6.45, 7) is 3.78. The molecule has 3 amide bonds. The van der Waals surface area contributed by atoms with Crippen molar-refractivity contribution in [2.75, 3.05) is 45.1 Å². The molecule has 0 atom stereocenters. The first-order valence-corrected chi connectivity index (χ1v) is 7.25. The first kappa shape index (κ1) is 14.7. The van der Waals surface area contributed by atoms with Crippen molar-refractivity contribution < 1.29 is 14.4 Å². The number of nitrogens with zero attached hydrogens (tertiary/aromatic N) is 2. The van der Waals surface area contributed by atoms with E-state index in [4.69, 9.17) is 0 Å². The fourth-order valence-electron chi connectivity index (χ4n) is 2.71. The minimum absolute atomic E-state index is 0.119. The van der Waals surface area contributed by atoms with Crippen LogP contribution < -0.4 is 10.6 Å². The molecule has 0 aromatic heterocycles. The Labute approximate surface area is 128 Å². The second-order valence-electron chi connectivity index (χ2n) is 5.50. The monoisotopic (exact) mass is 302 g/mol. The van der Waals surface area contributed by atoms with E-state index < -0.39 is 0 Å². The molecule has 7 heteroatoms. The lowest BCUT2D eigenvalue weighted by molar-refractivity contribution is -0.117. The minimum Gasteiger partial charge on any atom is -0.325 e. The zero-order chi connectivity index (χ0) is 15.7. The number of imide groups is 1. The number of fused-ring (bicyclic) bond motifs is 1. The zero-order valence-electron chi connectivity index (χ0n) is 12.4. The number of benzene rings is 1. The van der Waals surface area contributed by atoms with Gasteiger partial charge in [0.2, 0.25) is 5.91 Å². The average Bonchev–Trinajstić information content (AvgIpc) is 2.73. The lowest BCUT2D eigenvalue weighted by Crippen LogP contribution is -2.46. The molecule has 2 N–H and O–H groups in total. The molecule has 2 aliphatic heterocycles. The Balaban J connectivity index is 1.68. The fourth-order valence-corrected chi connectivity index (χ4v) is 2.71. The van der Waals surface area contributed by atoms with Crippen LogP contribution in [-0.2, 0) is 4.79 Å². The van der Waals surface area contributed by atoms with E-state index in [-0.39, 0.29) is 17.7 Å². The van der Waals surface area contributed by atoms with Crippen molar-refractivity contribution in [2.24, 2.45) is 0 Å². The third-order valence-corrected chi connectivity index (χ3v) is 3.95. The van der Waals surface area contributed by atoms with Gasteiger partial charge >= 0.3 is 0 Å². The summed E-state index contributed by atoms with van der Waals surface area (Å²) in [5.41, 5.74) is 1.26. The first-order chi connectivity index (χ1) is 10.6. The van der Waals surface area contributed by atoms with Gasteiger partial charge in [-0.1, -0.05) is 0 Å². The molecule has 0 radical (unpaired) electrons. The Kier molecular flexibility index (Phi) is 3.91. The maximum absolute atomic E-state index is 12.1. The van der Waals surface area contributed by atoms with E-state index >= 15 is 0 Å². The molecule has 1 aromatic carbocycles. The third-order valence-electron chi connectivity index (χ3n) is 3.95. The number of amides is 3. The number of carbonyl (C=O) groups excluding carboxylic acids is 3.